The summed E-state index contributed by atoms with van der Waals surface area (Å²) in [5.74, 6) is 1.66. The molecule has 1 aromatic carbocycles. The van der Waals surface area contributed by atoms with Crippen molar-refractivity contribution in [2.75, 3.05) is 5.73 Å². The van der Waals surface area contributed by atoms with E-state index in [-0.39, 0.29) is 0 Å². The van der Waals surface area contributed by atoms with Crippen LogP contribution in [0, 0.1) is 12.8 Å². The number of rotatable bonds is 4. The number of nitrogen functional groups attached to an aromatic ring is 1. The fraction of sp³-hybridized carbons (Fsp3) is 0.500. The molecule has 5 heteroatoms. The predicted octanol–water partition coefficient (Wildman–Crippen LogP) is 2.59. The van der Waals surface area contributed by atoms with E-state index < -0.39 is 0 Å². The second-order valence-electron chi connectivity index (χ2n) is 5.61. The maximum atomic E-state index is 5.90. The minimum absolute atomic E-state index is 0.333. The first-order valence-electron chi connectivity index (χ1n) is 6.79. The average Bonchev–Trinajstić information content (AvgIpc) is 3.02. The molecule has 0 saturated heterocycles. The number of tetrazole rings is 1. The molecule has 5 nitrogen and oxygen atoms in total. The van der Waals surface area contributed by atoms with Crippen molar-refractivity contribution in [2.45, 2.75) is 39.2 Å². The maximum absolute atomic E-state index is 5.90. The van der Waals surface area contributed by atoms with Gasteiger partial charge < -0.3 is 5.73 Å². The Bertz CT molecular complexity index is 565. The van der Waals surface area contributed by atoms with Crippen LogP contribution in [0.1, 0.15) is 37.8 Å². The van der Waals surface area contributed by atoms with E-state index in [1.54, 1.807) is 0 Å². The molecule has 1 fully saturated rings. The molecule has 19 heavy (non-hydrogen) atoms. The summed E-state index contributed by atoms with van der Waals surface area (Å²) in [6, 6.07) is 6.28. The number of anilines is 1. The van der Waals surface area contributed by atoms with Crippen LogP contribution < -0.4 is 5.73 Å². The van der Waals surface area contributed by atoms with Gasteiger partial charge in [0, 0.05) is 11.3 Å². The van der Waals surface area contributed by atoms with Crippen molar-refractivity contribution in [2.24, 2.45) is 5.92 Å². The lowest BCUT2D eigenvalue weighted by Crippen LogP contribution is -2.10. The molecule has 1 aromatic heterocycles. The summed E-state index contributed by atoms with van der Waals surface area (Å²) in [7, 11) is 0. The lowest BCUT2D eigenvalue weighted by molar-refractivity contribution is 0.430. The number of benzene rings is 1. The fourth-order valence-corrected chi connectivity index (χ4v) is 2.56. The summed E-state index contributed by atoms with van der Waals surface area (Å²) in [6.45, 7) is 4.21. The fourth-order valence-electron chi connectivity index (χ4n) is 2.56. The number of nitrogens with zero attached hydrogens (tertiary/aromatic N) is 4. The van der Waals surface area contributed by atoms with Crippen LogP contribution in [0.2, 0.25) is 0 Å². The third-order valence-corrected chi connectivity index (χ3v) is 3.64. The Morgan fingerprint density at radius 2 is 2.16 bits per heavy atom. The molecule has 2 N–H and O–H groups in total. The molecule has 2 aromatic rings. The largest absolute Gasteiger partial charge is 0.399 e. The van der Waals surface area contributed by atoms with Gasteiger partial charge in [0.1, 0.15) is 0 Å². The molecule has 1 heterocycles. The Hall–Kier alpha value is -1.91. The van der Waals surface area contributed by atoms with Crippen LogP contribution in [-0.4, -0.2) is 20.2 Å². The van der Waals surface area contributed by atoms with Gasteiger partial charge >= 0.3 is 0 Å². The second-order valence-corrected chi connectivity index (χ2v) is 5.61. The van der Waals surface area contributed by atoms with Crippen molar-refractivity contribution < 1.29 is 0 Å². The molecule has 0 aliphatic heterocycles. The van der Waals surface area contributed by atoms with E-state index in [0.717, 1.165) is 35.0 Å². The normalized spacial score (nSPS) is 16.5. The zero-order valence-electron chi connectivity index (χ0n) is 11.4. The van der Waals surface area contributed by atoms with Crippen molar-refractivity contribution in [3.63, 3.8) is 0 Å². The average molecular weight is 257 g/mol. The molecule has 1 saturated carbocycles. The lowest BCUT2D eigenvalue weighted by atomic mass is 10.1. The van der Waals surface area contributed by atoms with E-state index >= 15 is 0 Å². The van der Waals surface area contributed by atoms with Gasteiger partial charge in [0.2, 0.25) is 0 Å². The van der Waals surface area contributed by atoms with E-state index in [1.165, 1.54) is 12.8 Å². The molecule has 0 amide bonds. The number of hydrogen-bond donors (Lipinski definition) is 1. The van der Waals surface area contributed by atoms with Crippen molar-refractivity contribution >= 4 is 5.69 Å². The van der Waals surface area contributed by atoms with Crippen molar-refractivity contribution in [3.05, 3.63) is 23.8 Å². The molecule has 1 aliphatic carbocycles. The molecule has 0 radical (unpaired) electrons. The van der Waals surface area contributed by atoms with Gasteiger partial charge in [-0.25, -0.2) is 4.68 Å². The molecule has 3 rings (SSSR count). The SMILES string of the molecule is Cc1cc(N)cc(-c2nnnn2C(C)CC2CC2)c1. The Morgan fingerprint density at radius 3 is 2.84 bits per heavy atom. The third kappa shape index (κ3) is 2.59. The standard InChI is InChI=1S/C14H19N5/c1-9-5-12(8-13(15)6-9)14-16-17-18-19(14)10(2)7-11-3-4-11/h5-6,8,10-11H,3-4,7,15H2,1-2H3. The Kier molecular flexibility index (Phi) is 2.97. The van der Waals surface area contributed by atoms with Crippen LogP contribution in [-0.2, 0) is 0 Å². The van der Waals surface area contributed by atoms with E-state index in [2.05, 4.69) is 28.5 Å². The van der Waals surface area contributed by atoms with Gasteiger partial charge in [-0.15, -0.1) is 5.10 Å². The van der Waals surface area contributed by atoms with Gasteiger partial charge in [0.25, 0.3) is 0 Å². The first-order chi connectivity index (χ1) is 9.13. The van der Waals surface area contributed by atoms with Crippen LogP contribution in [0.25, 0.3) is 11.4 Å². The zero-order valence-corrected chi connectivity index (χ0v) is 11.4. The highest BCUT2D eigenvalue weighted by Crippen LogP contribution is 2.37. The van der Waals surface area contributed by atoms with Crippen LogP contribution in [0.3, 0.4) is 0 Å². The Balaban J connectivity index is 1.93. The van der Waals surface area contributed by atoms with Gasteiger partial charge in [0.15, 0.2) is 5.82 Å². The van der Waals surface area contributed by atoms with E-state index in [4.69, 9.17) is 5.73 Å². The summed E-state index contributed by atoms with van der Waals surface area (Å²) < 4.78 is 1.92. The van der Waals surface area contributed by atoms with Gasteiger partial charge in [-0.3, -0.25) is 0 Å². The van der Waals surface area contributed by atoms with Gasteiger partial charge in [-0.2, -0.15) is 0 Å². The third-order valence-electron chi connectivity index (χ3n) is 3.64. The molecule has 1 unspecified atom stereocenters. The molecule has 100 valence electrons. The van der Waals surface area contributed by atoms with Crippen LogP contribution >= 0.6 is 0 Å². The van der Waals surface area contributed by atoms with Crippen LogP contribution in [0.4, 0.5) is 5.69 Å². The highest BCUT2D eigenvalue weighted by Gasteiger charge is 2.26. The minimum atomic E-state index is 0.333. The number of aromatic nitrogens is 4. The monoisotopic (exact) mass is 257 g/mol. The minimum Gasteiger partial charge on any atom is -0.399 e. The molecular weight excluding hydrogens is 238 g/mol. The highest BCUT2D eigenvalue weighted by molar-refractivity contribution is 5.62. The topological polar surface area (TPSA) is 69.6 Å². The highest BCUT2D eigenvalue weighted by atomic mass is 15.5. The lowest BCUT2D eigenvalue weighted by Gasteiger charge is -2.13. The quantitative estimate of drug-likeness (QED) is 0.855. The van der Waals surface area contributed by atoms with Gasteiger partial charge in [-0.1, -0.05) is 12.8 Å². The molecular formula is C14H19N5. The van der Waals surface area contributed by atoms with Gasteiger partial charge in [0.05, 0.1) is 6.04 Å². The number of nitrogens with two attached hydrogens (primary N) is 1. The molecule has 0 bridgehead atoms. The predicted molar refractivity (Wildman–Crippen MR) is 74.5 cm³/mol. The van der Waals surface area contributed by atoms with Crippen molar-refractivity contribution in [1.29, 1.82) is 0 Å². The second kappa shape index (κ2) is 4.64. The maximum Gasteiger partial charge on any atom is 0.182 e. The zero-order chi connectivity index (χ0) is 13.4. The van der Waals surface area contributed by atoms with Crippen LogP contribution in [0.15, 0.2) is 18.2 Å². The smallest absolute Gasteiger partial charge is 0.182 e. The number of hydrogen-bond acceptors (Lipinski definition) is 4. The van der Waals surface area contributed by atoms with Crippen LogP contribution in [0.5, 0.6) is 0 Å². The van der Waals surface area contributed by atoms with Gasteiger partial charge in [-0.05, 0) is 60.4 Å². The molecule has 0 spiro atoms. The first-order valence-corrected chi connectivity index (χ1v) is 6.79. The number of aryl methyl sites for hydroxylation is 1. The summed E-state index contributed by atoms with van der Waals surface area (Å²) in [6.07, 6.45) is 3.84. The first kappa shape index (κ1) is 12.1. The van der Waals surface area contributed by atoms with E-state index in [0.29, 0.717) is 6.04 Å². The summed E-state index contributed by atoms with van der Waals surface area (Å²) in [4.78, 5) is 0. The van der Waals surface area contributed by atoms with Crippen molar-refractivity contribution in [1.82, 2.24) is 20.2 Å². The Labute approximate surface area is 112 Å². The molecule has 1 atom stereocenters. The summed E-state index contributed by atoms with van der Waals surface area (Å²) in [5.41, 5.74) is 8.77. The summed E-state index contributed by atoms with van der Waals surface area (Å²) in [5, 5.41) is 12.1. The van der Waals surface area contributed by atoms with E-state index in [9.17, 15) is 0 Å². The van der Waals surface area contributed by atoms with Crippen molar-refractivity contribution in [3.8, 4) is 11.4 Å². The molecule has 1 aliphatic rings. The Morgan fingerprint density at radius 1 is 1.37 bits per heavy atom. The summed E-state index contributed by atoms with van der Waals surface area (Å²) >= 11 is 0. The van der Waals surface area contributed by atoms with E-state index in [1.807, 2.05) is 23.7 Å².